The fraction of sp³-hybridized carbons (Fsp3) is 0.643. The highest BCUT2D eigenvalue weighted by atomic mass is 32.1. The summed E-state index contributed by atoms with van der Waals surface area (Å²) in [4.78, 5) is 15.9. The van der Waals surface area contributed by atoms with Crippen molar-refractivity contribution >= 4 is 17.3 Å². The zero-order valence-corrected chi connectivity index (χ0v) is 12.1. The maximum atomic E-state index is 10.9. The van der Waals surface area contributed by atoms with Crippen molar-refractivity contribution in [3.8, 4) is 0 Å². The standard InChI is InChI=1S/C14H21NO2S/c1-14(2,3)12-5-4-11(18-12)9-15-7-6-10(8-15)13(16)17/h4-5,10H,6-9H2,1-3H3,(H,16,17). The highest BCUT2D eigenvalue weighted by Crippen LogP contribution is 2.30. The molecule has 1 aliphatic rings. The second-order valence-electron chi connectivity index (χ2n) is 6.07. The van der Waals surface area contributed by atoms with Crippen molar-refractivity contribution in [3.05, 3.63) is 21.9 Å². The molecule has 4 heteroatoms. The van der Waals surface area contributed by atoms with Crippen LogP contribution in [0.4, 0.5) is 0 Å². The fourth-order valence-electron chi connectivity index (χ4n) is 2.26. The Hall–Kier alpha value is -0.870. The van der Waals surface area contributed by atoms with Crippen molar-refractivity contribution in [2.45, 2.75) is 39.2 Å². The minimum atomic E-state index is -0.654. The summed E-state index contributed by atoms with van der Waals surface area (Å²) in [6.45, 7) is 9.15. The van der Waals surface area contributed by atoms with Gasteiger partial charge >= 0.3 is 5.97 Å². The molecule has 0 aliphatic carbocycles. The molecular formula is C14H21NO2S. The molecule has 100 valence electrons. The summed E-state index contributed by atoms with van der Waals surface area (Å²) in [5, 5.41) is 8.98. The third kappa shape index (κ3) is 3.12. The van der Waals surface area contributed by atoms with E-state index in [0.717, 1.165) is 19.5 Å². The van der Waals surface area contributed by atoms with Crippen LogP contribution in [-0.2, 0) is 16.8 Å². The molecule has 2 heterocycles. The number of hydrogen-bond acceptors (Lipinski definition) is 3. The SMILES string of the molecule is CC(C)(C)c1ccc(CN2CCC(C(=O)O)C2)s1. The number of likely N-dealkylation sites (tertiary alicyclic amines) is 1. The lowest BCUT2D eigenvalue weighted by Crippen LogP contribution is -2.22. The van der Waals surface area contributed by atoms with Crippen LogP contribution < -0.4 is 0 Å². The molecule has 0 radical (unpaired) electrons. The normalized spacial score (nSPS) is 21.4. The zero-order valence-electron chi connectivity index (χ0n) is 11.3. The molecule has 0 spiro atoms. The Labute approximate surface area is 112 Å². The lowest BCUT2D eigenvalue weighted by molar-refractivity contribution is -0.141. The number of aliphatic carboxylic acids is 1. The van der Waals surface area contributed by atoms with Gasteiger partial charge in [0, 0.05) is 22.8 Å². The van der Waals surface area contributed by atoms with Crippen LogP contribution in [0.15, 0.2) is 12.1 Å². The molecule has 0 saturated carbocycles. The van der Waals surface area contributed by atoms with Gasteiger partial charge in [0.05, 0.1) is 5.92 Å². The van der Waals surface area contributed by atoms with Crippen LogP contribution in [0.2, 0.25) is 0 Å². The van der Waals surface area contributed by atoms with E-state index in [-0.39, 0.29) is 11.3 Å². The predicted octanol–water partition coefficient (Wildman–Crippen LogP) is 2.95. The van der Waals surface area contributed by atoms with Gasteiger partial charge in [-0.2, -0.15) is 0 Å². The molecule has 3 nitrogen and oxygen atoms in total. The quantitative estimate of drug-likeness (QED) is 0.915. The largest absolute Gasteiger partial charge is 0.481 e. The summed E-state index contributed by atoms with van der Waals surface area (Å²) in [6.07, 6.45) is 0.785. The van der Waals surface area contributed by atoms with E-state index in [0.29, 0.717) is 6.54 Å². The summed E-state index contributed by atoms with van der Waals surface area (Å²) < 4.78 is 0. The first-order valence-electron chi connectivity index (χ1n) is 6.40. The number of carboxylic acids is 1. The van der Waals surface area contributed by atoms with E-state index >= 15 is 0 Å². The van der Waals surface area contributed by atoms with Gasteiger partial charge in [0.15, 0.2) is 0 Å². The van der Waals surface area contributed by atoms with Crippen LogP contribution in [-0.4, -0.2) is 29.1 Å². The molecule has 1 unspecified atom stereocenters. The molecular weight excluding hydrogens is 246 g/mol. The Morgan fingerprint density at radius 3 is 2.72 bits per heavy atom. The van der Waals surface area contributed by atoms with E-state index in [1.54, 1.807) is 0 Å². The maximum absolute atomic E-state index is 10.9. The van der Waals surface area contributed by atoms with Crippen LogP contribution in [0.25, 0.3) is 0 Å². The van der Waals surface area contributed by atoms with E-state index in [1.165, 1.54) is 9.75 Å². The highest BCUT2D eigenvalue weighted by Gasteiger charge is 2.28. The number of carboxylic acid groups (broad SMARTS) is 1. The second-order valence-corrected chi connectivity index (χ2v) is 7.24. The van der Waals surface area contributed by atoms with Gasteiger partial charge in [-0.3, -0.25) is 9.69 Å². The van der Waals surface area contributed by atoms with Crippen LogP contribution in [0.3, 0.4) is 0 Å². The first-order chi connectivity index (χ1) is 8.36. The molecule has 2 rings (SSSR count). The minimum absolute atomic E-state index is 0.174. The van der Waals surface area contributed by atoms with E-state index in [4.69, 9.17) is 5.11 Å². The topological polar surface area (TPSA) is 40.5 Å². The van der Waals surface area contributed by atoms with Gasteiger partial charge in [-0.1, -0.05) is 20.8 Å². The van der Waals surface area contributed by atoms with Crippen LogP contribution >= 0.6 is 11.3 Å². The molecule has 1 N–H and O–H groups in total. The molecule has 1 aromatic rings. The summed E-state index contributed by atoms with van der Waals surface area (Å²) >= 11 is 1.85. The number of nitrogens with zero attached hydrogens (tertiary/aromatic N) is 1. The lowest BCUT2D eigenvalue weighted by Gasteiger charge is -2.16. The van der Waals surface area contributed by atoms with Gasteiger partial charge in [0.2, 0.25) is 0 Å². The molecule has 1 saturated heterocycles. The summed E-state index contributed by atoms with van der Waals surface area (Å²) in [6, 6.07) is 4.38. The third-order valence-electron chi connectivity index (χ3n) is 3.40. The van der Waals surface area contributed by atoms with Crippen molar-refractivity contribution in [2.24, 2.45) is 5.92 Å². The van der Waals surface area contributed by atoms with Crippen LogP contribution in [0.1, 0.15) is 36.9 Å². The molecule has 1 fully saturated rings. The molecule has 1 atom stereocenters. The molecule has 0 aromatic carbocycles. The van der Waals surface area contributed by atoms with E-state index in [2.05, 4.69) is 37.8 Å². The van der Waals surface area contributed by atoms with Crippen LogP contribution in [0, 0.1) is 5.92 Å². The molecule has 18 heavy (non-hydrogen) atoms. The van der Waals surface area contributed by atoms with E-state index in [1.807, 2.05) is 11.3 Å². The molecule has 0 bridgehead atoms. The molecule has 1 aromatic heterocycles. The maximum Gasteiger partial charge on any atom is 0.307 e. The van der Waals surface area contributed by atoms with E-state index < -0.39 is 5.97 Å². The Kier molecular flexibility index (Phi) is 3.78. The minimum Gasteiger partial charge on any atom is -0.481 e. The van der Waals surface area contributed by atoms with E-state index in [9.17, 15) is 4.79 Å². The Bertz CT molecular complexity index is 433. The second kappa shape index (κ2) is 5.02. The first-order valence-corrected chi connectivity index (χ1v) is 7.22. The average Bonchev–Trinajstić information content (AvgIpc) is 2.85. The summed E-state index contributed by atoms with van der Waals surface area (Å²) in [5.74, 6) is -0.828. The van der Waals surface area contributed by atoms with Gasteiger partial charge in [-0.05, 0) is 30.5 Å². The van der Waals surface area contributed by atoms with Crippen LogP contribution in [0.5, 0.6) is 0 Å². The summed E-state index contributed by atoms with van der Waals surface area (Å²) in [7, 11) is 0. The summed E-state index contributed by atoms with van der Waals surface area (Å²) in [5.41, 5.74) is 0.206. The smallest absolute Gasteiger partial charge is 0.307 e. The monoisotopic (exact) mass is 267 g/mol. The van der Waals surface area contributed by atoms with Crippen molar-refractivity contribution in [1.82, 2.24) is 4.90 Å². The van der Waals surface area contributed by atoms with Crippen molar-refractivity contribution in [1.29, 1.82) is 0 Å². The van der Waals surface area contributed by atoms with Crippen molar-refractivity contribution in [2.75, 3.05) is 13.1 Å². The average molecular weight is 267 g/mol. The zero-order chi connectivity index (χ0) is 13.3. The van der Waals surface area contributed by atoms with Gasteiger partial charge in [-0.15, -0.1) is 11.3 Å². The molecule has 1 aliphatic heterocycles. The predicted molar refractivity (Wildman–Crippen MR) is 74.0 cm³/mol. The number of carbonyl (C=O) groups is 1. The van der Waals surface area contributed by atoms with Gasteiger partial charge in [-0.25, -0.2) is 0 Å². The third-order valence-corrected chi connectivity index (χ3v) is 4.90. The Morgan fingerprint density at radius 2 is 2.22 bits per heavy atom. The number of thiophene rings is 1. The van der Waals surface area contributed by atoms with Crippen molar-refractivity contribution in [3.63, 3.8) is 0 Å². The number of rotatable bonds is 3. The molecule has 0 amide bonds. The number of hydrogen-bond donors (Lipinski definition) is 1. The lowest BCUT2D eigenvalue weighted by atomic mass is 9.95. The van der Waals surface area contributed by atoms with Crippen molar-refractivity contribution < 1.29 is 9.90 Å². The fourth-order valence-corrected chi connectivity index (χ4v) is 3.37. The van der Waals surface area contributed by atoms with Gasteiger partial charge in [0.1, 0.15) is 0 Å². The van der Waals surface area contributed by atoms with Gasteiger partial charge in [0.25, 0.3) is 0 Å². The van der Waals surface area contributed by atoms with Gasteiger partial charge < -0.3 is 5.11 Å². The first kappa shape index (κ1) is 13.6. The Balaban J connectivity index is 1.95. The Morgan fingerprint density at radius 1 is 1.50 bits per heavy atom. The highest BCUT2D eigenvalue weighted by molar-refractivity contribution is 7.12.